The highest BCUT2D eigenvalue weighted by Crippen LogP contribution is 2.42. The van der Waals surface area contributed by atoms with Crippen LogP contribution in [0.25, 0.3) is 22.4 Å². The molecule has 0 amide bonds. The van der Waals surface area contributed by atoms with Crippen molar-refractivity contribution in [3.63, 3.8) is 0 Å². The third kappa shape index (κ3) is 2.61. The van der Waals surface area contributed by atoms with E-state index in [0.29, 0.717) is 12.1 Å². The molecule has 1 atom stereocenters. The maximum absolute atomic E-state index is 9.90. The lowest BCUT2D eigenvalue weighted by Gasteiger charge is -2.22. The molecular formula is C26H22N6. The van der Waals surface area contributed by atoms with Crippen molar-refractivity contribution >= 4 is 5.57 Å². The fourth-order valence-corrected chi connectivity index (χ4v) is 5.14. The van der Waals surface area contributed by atoms with Gasteiger partial charge in [-0.25, -0.2) is 4.68 Å². The standard InChI is InChI=1S/C26H22N6/c1-15-4-7-24-20(10-15)16(2)19-5-6-22-21(19)11-17(14-28-22)26-23(30-31(3)25(26)13-27)12-18-8-9-29-32(18)24/h4-5,7-11,14,16H,6,12H2,1-3H3/t16-/m0/s1. The van der Waals surface area contributed by atoms with E-state index >= 15 is 0 Å². The summed E-state index contributed by atoms with van der Waals surface area (Å²) in [5.41, 5.74) is 11.4. The van der Waals surface area contributed by atoms with E-state index in [9.17, 15) is 5.26 Å². The molecule has 0 fully saturated rings. The van der Waals surface area contributed by atoms with Gasteiger partial charge < -0.3 is 0 Å². The Balaban J connectivity index is 1.70. The number of rotatable bonds is 0. The lowest BCUT2D eigenvalue weighted by atomic mass is 9.87. The molecule has 0 saturated carbocycles. The number of hydrogen-bond acceptors (Lipinski definition) is 4. The molecule has 0 N–H and O–H groups in total. The second-order valence-electron chi connectivity index (χ2n) is 8.68. The van der Waals surface area contributed by atoms with E-state index < -0.39 is 0 Å². The number of pyridine rings is 1. The van der Waals surface area contributed by atoms with Crippen molar-refractivity contribution in [1.82, 2.24) is 24.5 Å². The van der Waals surface area contributed by atoms with Crippen LogP contribution in [0.15, 0.2) is 48.8 Å². The highest BCUT2D eigenvalue weighted by Gasteiger charge is 2.28. The Morgan fingerprint density at radius 3 is 2.88 bits per heavy atom. The molecule has 0 unspecified atom stereocenters. The molecule has 1 aliphatic carbocycles. The number of aryl methyl sites for hydroxylation is 2. The van der Waals surface area contributed by atoms with Crippen LogP contribution >= 0.6 is 0 Å². The molecule has 0 spiro atoms. The molecule has 3 aromatic heterocycles. The minimum Gasteiger partial charge on any atom is -0.260 e. The fraction of sp³-hybridized carbons (Fsp3) is 0.231. The van der Waals surface area contributed by atoms with Gasteiger partial charge in [-0.2, -0.15) is 15.5 Å². The van der Waals surface area contributed by atoms with Gasteiger partial charge in [-0.15, -0.1) is 0 Å². The Hall–Kier alpha value is -3.98. The van der Waals surface area contributed by atoms with E-state index in [2.05, 4.69) is 50.3 Å². The molecule has 6 nitrogen and oxygen atoms in total. The van der Waals surface area contributed by atoms with Crippen LogP contribution in [0.1, 0.15) is 52.3 Å². The van der Waals surface area contributed by atoms with Crippen LogP contribution in [0, 0.1) is 18.3 Å². The first-order valence-electron chi connectivity index (χ1n) is 10.8. The van der Waals surface area contributed by atoms with E-state index in [-0.39, 0.29) is 5.92 Å². The molecule has 156 valence electrons. The molecule has 4 heterocycles. The average Bonchev–Trinajstić information content (AvgIpc) is 3.49. The SMILES string of the molecule is Cc1ccc2c(c1)[C@@H](C)C1=CCc3ncc(cc31)-c1c(nn(C)c1C#N)Cc1ccnn1-2. The van der Waals surface area contributed by atoms with Gasteiger partial charge in [0.15, 0.2) is 0 Å². The number of aromatic nitrogens is 5. The van der Waals surface area contributed by atoms with Crippen molar-refractivity contribution in [1.29, 1.82) is 5.26 Å². The average molecular weight is 419 g/mol. The van der Waals surface area contributed by atoms with Gasteiger partial charge in [-0.3, -0.25) is 9.67 Å². The van der Waals surface area contributed by atoms with Crippen LogP contribution in [0.4, 0.5) is 0 Å². The van der Waals surface area contributed by atoms with Gasteiger partial charge in [0.2, 0.25) is 0 Å². The van der Waals surface area contributed by atoms with Gasteiger partial charge in [-0.1, -0.05) is 30.7 Å². The van der Waals surface area contributed by atoms with Crippen molar-refractivity contribution in [2.75, 3.05) is 0 Å². The minimum absolute atomic E-state index is 0.184. The smallest absolute Gasteiger partial charge is 0.146 e. The molecule has 4 aromatic rings. The number of hydrogen-bond donors (Lipinski definition) is 0. The highest BCUT2D eigenvalue weighted by atomic mass is 15.3. The van der Waals surface area contributed by atoms with E-state index in [1.165, 1.54) is 22.3 Å². The number of fused-ring (bicyclic) bond motifs is 6. The molecule has 6 heteroatoms. The van der Waals surface area contributed by atoms with Crippen molar-refractivity contribution < 1.29 is 0 Å². The zero-order valence-corrected chi connectivity index (χ0v) is 18.3. The second-order valence-corrected chi connectivity index (χ2v) is 8.68. The van der Waals surface area contributed by atoms with E-state index in [0.717, 1.165) is 40.3 Å². The first-order valence-corrected chi connectivity index (χ1v) is 10.8. The Bertz CT molecular complexity index is 1480. The first kappa shape index (κ1) is 18.8. The number of nitrogens with zero attached hydrogens (tertiary/aromatic N) is 6. The summed E-state index contributed by atoms with van der Waals surface area (Å²) >= 11 is 0. The summed E-state index contributed by atoms with van der Waals surface area (Å²) in [6.45, 7) is 4.39. The summed E-state index contributed by atoms with van der Waals surface area (Å²) in [7, 11) is 1.83. The maximum atomic E-state index is 9.90. The van der Waals surface area contributed by atoms with Crippen molar-refractivity contribution in [3.8, 4) is 22.9 Å². The zero-order valence-electron chi connectivity index (χ0n) is 18.3. The van der Waals surface area contributed by atoms with Gasteiger partial charge in [0, 0.05) is 54.9 Å². The summed E-state index contributed by atoms with van der Waals surface area (Å²) < 4.78 is 3.70. The Kier molecular flexibility index (Phi) is 3.96. The van der Waals surface area contributed by atoms with Crippen LogP contribution in [-0.2, 0) is 19.9 Å². The third-order valence-corrected chi connectivity index (χ3v) is 6.72. The molecule has 1 aromatic carbocycles. The van der Waals surface area contributed by atoms with E-state index in [1.54, 1.807) is 4.68 Å². The first-order chi connectivity index (χ1) is 15.5. The van der Waals surface area contributed by atoms with Gasteiger partial charge in [0.1, 0.15) is 11.8 Å². The van der Waals surface area contributed by atoms with Crippen LogP contribution in [0.5, 0.6) is 0 Å². The fourth-order valence-electron chi connectivity index (χ4n) is 5.14. The monoisotopic (exact) mass is 418 g/mol. The van der Waals surface area contributed by atoms with Crippen molar-refractivity contribution in [2.45, 2.75) is 32.6 Å². The summed E-state index contributed by atoms with van der Waals surface area (Å²) in [6, 6.07) is 13.2. The molecule has 2 bridgehead atoms. The van der Waals surface area contributed by atoms with Gasteiger partial charge >= 0.3 is 0 Å². The lowest BCUT2D eigenvalue weighted by Crippen LogP contribution is -2.10. The highest BCUT2D eigenvalue weighted by molar-refractivity contribution is 5.82. The zero-order chi connectivity index (χ0) is 22.0. The number of allylic oxidation sites excluding steroid dienone is 2. The molecule has 0 saturated heterocycles. The predicted molar refractivity (Wildman–Crippen MR) is 122 cm³/mol. The van der Waals surface area contributed by atoms with E-state index in [4.69, 9.17) is 15.2 Å². The molecular weight excluding hydrogens is 396 g/mol. The molecule has 32 heavy (non-hydrogen) atoms. The van der Waals surface area contributed by atoms with Crippen LogP contribution in [0.3, 0.4) is 0 Å². The molecule has 2 aliphatic rings. The Labute approximate surface area is 186 Å². The van der Waals surface area contributed by atoms with E-state index in [1.807, 2.05) is 30.2 Å². The van der Waals surface area contributed by atoms with Crippen LogP contribution in [-0.4, -0.2) is 24.5 Å². The lowest BCUT2D eigenvalue weighted by molar-refractivity contribution is 0.730. The number of benzene rings is 1. The van der Waals surface area contributed by atoms with Gasteiger partial charge in [-0.05, 0) is 36.3 Å². The Morgan fingerprint density at radius 2 is 2.03 bits per heavy atom. The normalized spacial score (nSPS) is 16.2. The van der Waals surface area contributed by atoms with Crippen LogP contribution < -0.4 is 0 Å². The molecule has 0 radical (unpaired) electrons. The third-order valence-electron chi connectivity index (χ3n) is 6.72. The number of nitriles is 1. The quantitative estimate of drug-likeness (QED) is 0.422. The summed E-state index contributed by atoms with van der Waals surface area (Å²) in [5, 5.41) is 19.3. The summed E-state index contributed by atoms with van der Waals surface area (Å²) in [5.74, 6) is 0.184. The topological polar surface area (TPSA) is 72.3 Å². The van der Waals surface area contributed by atoms with Crippen molar-refractivity contribution in [2.24, 2.45) is 7.05 Å². The largest absolute Gasteiger partial charge is 0.260 e. The minimum atomic E-state index is 0.184. The second kappa shape index (κ2) is 6.76. The Morgan fingerprint density at radius 1 is 1.16 bits per heavy atom. The maximum Gasteiger partial charge on any atom is 0.146 e. The van der Waals surface area contributed by atoms with Crippen molar-refractivity contribution in [3.05, 3.63) is 88.3 Å². The van der Waals surface area contributed by atoms with Gasteiger partial charge in [0.05, 0.1) is 22.8 Å². The van der Waals surface area contributed by atoms with Crippen LogP contribution in [0.2, 0.25) is 0 Å². The van der Waals surface area contributed by atoms with Gasteiger partial charge in [0.25, 0.3) is 0 Å². The summed E-state index contributed by atoms with van der Waals surface area (Å²) in [4.78, 5) is 4.80. The summed E-state index contributed by atoms with van der Waals surface area (Å²) in [6.07, 6.45) is 7.43. The predicted octanol–water partition coefficient (Wildman–Crippen LogP) is 4.50. The molecule has 1 aliphatic heterocycles. The molecule has 6 rings (SSSR count).